The van der Waals surface area contributed by atoms with Gasteiger partial charge in [0.15, 0.2) is 0 Å². The Balaban J connectivity index is 1.53. The lowest BCUT2D eigenvalue weighted by Gasteiger charge is -2.16. The monoisotopic (exact) mass is 317 g/mol. The fraction of sp³-hybridized carbons (Fsp3) is 0.667. The van der Waals surface area contributed by atoms with Crippen molar-refractivity contribution >= 4 is 11.6 Å². The molecule has 1 aromatic heterocycles. The second-order valence-corrected chi connectivity index (χ2v) is 6.61. The van der Waals surface area contributed by atoms with Crippen LogP contribution in [0.1, 0.15) is 61.9 Å². The minimum Gasteiger partial charge on any atom is -0.382 e. The lowest BCUT2D eigenvalue weighted by atomic mass is 10.1. The zero-order chi connectivity index (χ0) is 15.9. The zero-order valence-corrected chi connectivity index (χ0v) is 13.7. The van der Waals surface area contributed by atoms with E-state index in [2.05, 4.69) is 15.6 Å². The fourth-order valence-electron chi connectivity index (χ4n) is 3.38. The first-order valence-corrected chi connectivity index (χ1v) is 8.93. The maximum atomic E-state index is 12.4. The summed E-state index contributed by atoms with van der Waals surface area (Å²) in [4.78, 5) is 16.6. The molecule has 2 aliphatic rings. The van der Waals surface area contributed by atoms with Crippen LogP contribution in [0.4, 0.5) is 5.69 Å². The number of amides is 1. The summed E-state index contributed by atoms with van der Waals surface area (Å²) in [6.07, 6.45) is 11.4. The predicted octanol–water partition coefficient (Wildman–Crippen LogP) is 3.13. The van der Waals surface area contributed by atoms with Gasteiger partial charge in [0.2, 0.25) is 0 Å². The largest absolute Gasteiger partial charge is 0.382 e. The number of hydrogen-bond donors (Lipinski definition) is 2. The molecule has 1 saturated heterocycles. The predicted molar refractivity (Wildman–Crippen MR) is 90.7 cm³/mol. The number of nitrogens with one attached hydrogen (secondary N) is 2. The topological polar surface area (TPSA) is 63.2 Å². The zero-order valence-electron chi connectivity index (χ0n) is 13.7. The van der Waals surface area contributed by atoms with Crippen molar-refractivity contribution in [1.29, 1.82) is 0 Å². The van der Waals surface area contributed by atoms with Gasteiger partial charge in [0.1, 0.15) is 5.69 Å². The molecule has 1 saturated carbocycles. The highest BCUT2D eigenvalue weighted by Gasteiger charge is 2.18. The average Bonchev–Trinajstić information content (AvgIpc) is 2.97. The lowest BCUT2D eigenvalue weighted by Crippen LogP contribution is -2.34. The smallest absolute Gasteiger partial charge is 0.270 e. The third-order valence-electron chi connectivity index (χ3n) is 4.74. The van der Waals surface area contributed by atoms with Crippen molar-refractivity contribution in [3.63, 3.8) is 0 Å². The van der Waals surface area contributed by atoms with Crippen LogP contribution in [0.15, 0.2) is 18.3 Å². The number of nitrogens with zero attached hydrogens (tertiary/aromatic N) is 1. The molecule has 2 heterocycles. The maximum absolute atomic E-state index is 12.4. The summed E-state index contributed by atoms with van der Waals surface area (Å²) >= 11 is 0. The van der Waals surface area contributed by atoms with Gasteiger partial charge in [-0.05, 0) is 37.8 Å². The van der Waals surface area contributed by atoms with Crippen LogP contribution in [0, 0.1) is 0 Å². The average molecular weight is 317 g/mol. The Morgan fingerprint density at radius 2 is 2.00 bits per heavy atom. The van der Waals surface area contributed by atoms with Gasteiger partial charge in [0, 0.05) is 31.1 Å². The van der Waals surface area contributed by atoms with Crippen molar-refractivity contribution in [2.75, 3.05) is 18.5 Å². The van der Waals surface area contributed by atoms with E-state index in [1.807, 2.05) is 12.1 Å². The molecule has 0 spiro atoms. The highest BCUT2D eigenvalue weighted by molar-refractivity contribution is 5.93. The number of carbonyl (C=O) groups is 1. The van der Waals surface area contributed by atoms with E-state index in [1.165, 1.54) is 25.7 Å². The van der Waals surface area contributed by atoms with E-state index < -0.39 is 0 Å². The van der Waals surface area contributed by atoms with Gasteiger partial charge in [-0.1, -0.05) is 25.7 Å². The number of anilines is 1. The van der Waals surface area contributed by atoms with Crippen LogP contribution in [0.2, 0.25) is 0 Å². The first-order chi connectivity index (χ1) is 11.3. The molecule has 5 nitrogen and oxygen atoms in total. The first-order valence-electron chi connectivity index (χ1n) is 8.93. The van der Waals surface area contributed by atoms with Gasteiger partial charge in [0.25, 0.3) is 5.91 Å². The molecule has 3 rings (SSSR count). The number of pyridine rings is 1. The molecule has 1 unspecified atom stereocenters. The van der Waals surface area contributed by atoms with E-state index in [9.17, 15) is 4.79 Å². The number of carbonyl (C=O) groups excluding carboxylic acids is 1. The molecule has 23 heavy (non-hydrogen) atoms. The van der Waals surface area contributed by atoms with Crippen LogP contribution in [-0.2, 0) is 4.74 Å². The molecule has 1 atom stereocenters. The van der Waals surface area contributed by atoms with E-state index in [0.717, 1.165) is 44.5 Å². The third kappa shape index (κ3) is 4.93. The molecule has 1 amide bonds. The third-order valence-corrected chi connectivity index (χ3v) is 4.74. The van der Waals surface area contributed by atoms with Crippen LogP contribution < -0.4 is 10.6 Å². The van der Waals surface area contributed by atoms with Gasteiger partial charge < -0.3 is 15.4 Å². The highest BCUT2D eigenvalue weighted by atomic mass is 16.5. The molecular formula is C18H27N3O2. The van der Waals surface area contributed by atoms with Gasteiger partial charge >= 0.3 is 0 Å². The Hall–Kier alpha value is -1.62. The van der Waals surface area contributed by atoms with Crippen LogP contribution >= 0.6 is 0 Å². The Morgan fingerprint density at radius 1 is 1.17 bits per heavy atom. The lowest BCUT2D eigenvalue weighted by molar-refractivity contribution is 0.0928. The number of hydrogen-bond acceptors (Lipinski definition) is 4. The molecular weight excluding hydrogens is 290 g/mol. The number of rotatable bonds is 5. The number of ether oxygens (including phenoxy) is 1. The molecule has 0 aromatic carbocycles. The van der Waals surface area contributed by atoms with Gasteiger partial charge in [-0.25, -0.2) is 0 Å². The van der Waals surface area contributed by atoms with Crippen molar-refractivity contribution in [2.24, 2.45) is 0 Å². The van der Waals surface area contributed by atoms with Crippen molar-refractivity contribution < 1.29 is 9.53 Å². The second-order valence-electron chi connectivity index (χ2n) is 6.61. The van der Waals surface area contributed by atoms with Gasteiger partial charge in [-0.2, -0.15) is 0 Å². The Bertz CT molecular complexity index is 507. The number of aromatic nitrogens is 1. The van der Waals surface area contributed by atoms with E-state index in [0.29, 0.717) is 11.7 Å². The standard InChI is InChI=1S/C18H27N3O2/c22-18(21-14-6-3-1-2-4-7-14)17-12-15(9-10-19-17)20-13-16-8-5-11-23-16/h9-10,12,14,16H,1-8,11,13H2,(H,19,20)(H,21,22). The molecule has 0 bridgehead atoms. The van der Waals surface area contributed by atoms with Crippen molar-refractivity contribution in [3.05, 3.63) is 24.0 Å². The molecule has 126 valence electrons. The molecule has 0 radical (unpaired) electrons. The van der Waals surface area contributed by atoms with Crippen molar-refractivity contribution in [1.82, 2.24) is 10.3 Å². The van der Waals surface area contributed by atoms with Crippen LogP contribution in [-0.4, -0.2) is 36.2 Å². The first kappa shape index (κ1) is 16.2. The molecule has 1 aliphatic carbocycles. The molecule has 1 aromatic rings. The summed E-state index contributed by atoms with van der Waals surface area (Å²) in [5.74, 6) is -0.0577. The van der Waals surface area contributed by atoms with Gasteiger partial charge in [-0.3, -0.25) is 9.78 Å². The van der Waals surface area contributed by atoms with Crippen LogP contribution in [0.25, 0.3) is 0 Å². The second kappa shape index (κ2) is 8.29. The molecule has 2 N–H and O–H groups in total. The Morgan fingerprint density at radius 3 is 2.74 bits per heavy atom. The van der Waals surface area contributed by atoms with Gasteiger partial charge in [-0.15, -0.1) is 0 Å². The summed E-state index contributed by atoms with van der Waals surface area (Å²) in [6, 6.07) is 4.04. The maximum Gasteiger partial charge on any atom is 0.270 e. The Labute approximate surface area is 138 Å². The van der Waals surface area contributed by atoms with Gasteiger partial charge in [0.05, 0.1) is 6.10 Å². The van der Waals surface area contributed by atoms with Crippen LogP contribution in [0.5, 0.6) is 0 Å². The summed E-state index contributed by atoms with van der Waals surface area (Å²) in [5.41, 5.74) is 1.42. The van der Waals surface area contributed by atoms with Crippen molar-refractivity contribution in [3.8, 4) is 0 Å². The molecule has 1 aliphatic heterocycles. The molecule has 2 fully saturated rings. The Kier molecular flexibility index (Phi) is 5.86. The van der Waals surface area contributed by atoms with E-state index in [4.69, 9.17) is 4.74 Å². The van der Waals surface area contributed by atoms with Crippen LogP contribution in [0.3, 0.4) is 0 Å². The quantitative estimate of drug-likeness (QED) is 0.819. The minimum absolute atomic E-state index is 0.0577. The summed E-state index contributed by atoms with van der Waals surface area (Å²) in [5, 5.41) is 6.50. The summed E-state index contributed by atoms with van der Waals surface area (Å²) < 4.78 is 5.61. The molecule has 5 heteroatoms. The fourth-order valence-corrected chi connectivity index (χ4v) is 3.38. The summed E-state index contributed by atoms with van der Waals surface area (Å²) in [7, 11) is 0. The summed E-state index contributed by atoms with van der Waals surface area (Å²) in [6.45, 7) is 1.64. The van der Waals surface area contributed by atoms with E-state index >= 15 is 0 Å². The van der Waals surface area contributed by atoms with Crippen molar-refractivity contribution in [2.45, 2.75) is 63.5 Å². The minimum atomic E-state index is -0.0577. The normalized spacial score (nSPS) is 22.5. The highest BCUT2D eigenvalue weighted by Crippen LogP contribution is 2.18. The van der Waals surface area contributed by atoms with E-state index in [1.54, 1.807) is 6.20 Å². The van der Waals surface area contributed by atoms with E-state index in [-0.39, 0.29) is 12.0 Å². The SMILES string of the molecule is O=C(NC1CCCCCC1)c1cc(NCC2CCCO2)ccn1.